The fourth-order valence-corrected chi connectivity index (χ4v) is 3.98. The number of nitrogens with zero attached hydrogens (tertiary/aromatic N) is 5. The summed E-state index contributed by atoms with van der Waals surface area (Å²) in [5, 5.41) is 12.3. The number of benzene rings is 1. The Morgan fingerprint density at radius 2 is 1.69 bits per heavy atom. The number of esters is 2. The van der Waals surface area contributed by atoms with Crippen LogP contribution >= 0.6 is 23.3 Å². The zero-order chi connectivity index (χ0) is 20.8. The van der Waals surface area contributed by atoms with E-state index in [-0.39, 0.29) is 24.6 Å². The normalized spacial score (nSPS) is 10.6. The fourth-order valence-electron chi connectivity index (χ4n) is 2.25. The van der Waals surface area contributed by atoms with Gasteiger partial charge in [0.05, 0.1) is 26.0 Å². The van der Waals surface area contributed by atoms with Gasteiger partial charge in [0.15, 0.2) is 5.69 Å². The molecule has 29 heavy (non-hydrogen) atoms. The molecule has 0 unspecified atom stereocenters. The van der Waals surface area contributed by atoms with Gasteiger partial charge < -0.3 is 14.2 Å². The third-order valence-corrected chi connectivity index (χ3v) is 5.47. The van der Waals surface area contributed by atoms with E-state index in [9.17, 15) is 9.59 Å². The van der Waals surface area contributed by atoms with Crippen LogP contribution in [0.1, 0.15) is 34.8 Å². The number of ether oxygens (including phenoxy) is 3. The molecule has 0 N–H and O–H groups in total. The van der Waals surface area contributed by atoms with Crippen molar-refractivity contribution in [3.8, 4) is 11.4 Å². The molecule has 0 aliphatic rings. The highest BCUT2D eigenvalue weighted by atomic mass is 32.2. The number of methoxy groups -OCH3 is 1. The van der Waals surface area contributed by atoms with E-state index in [2.05, 4.69) is 19.9 Å². The first-order valence-electron chi connectivity index (χ1n) is 8.53. The molecule has 0 radical (unpaired) electrons. The molecule has 3 aromatic rings. The Labute approximate surface area is 174 Å². The molecule has 0 fully saturated rings. The van der Waals surface area contributed by atoms with Gasteiger partial charge in [0.2, 0.25) is 5.69 Å². The molecule has 12 heteroatoms. The molecular formula is C17H17N5O5S2. The van der Waals surface area contributed by atoms with E-state index in [1.165, 1.54) is 4.68 Å². The molecular weight excluding hydrogens is 418 g/mol. The van der Waals surface area contributed by atoms with Gasteiger partial charge in [-0.3, -0.25) is 0 Å². The van der Waals surface area contributed by atoms with Gasteiger partial charge in [-0.05, 0) is 49.6 Å². The van der Waals surface area contributed by atoms with Gasteiger partial charge in [-0.2, -0.15) is 0 Å². The van der Waals surface area contributed by atoms with Gasteiger partial charge in [-0.15, -0.1) is 10.2 Å². The first-order chi connectivity index (χ1) is 14.1. The number of carbonyl (C=O) groups excluding carboxylic acids is 2. The maximum Gasteiger partial charge on any atom is 0.361 e. The van der Waals surface area contributed by atoms with Crippen LogP contribution in [0.3, 0.4) is 0 Å². The third-order valence-electron chi connectivity index (χ3n) is 3.53. The summed E-state index contributed by atoms with van der Waals surface area (Å²) >= 11 is 2.10. The molecule has 0 spiro atoms. The van der Waals surface area contributed by atoms with E-state index in [1.54, 1.807) is 45.2 Å². The predicted octanol–water partition coefficient (Wildman–Crippen LogP) is 2.63. The average molecular weight is 435 g/mol. The number of aromatic nitrogens is 5. The summed E-state index contributed by atoms with van der Waals surface area (Å²) < 4.78 is 21.0. The molecule has 1 aromatic carbocycles. The van der Waals surface area contributed by atoms with E-state index in [0.717, 1.165) is 23.3 Å². The van der Waals surface area contributed by atoms with Crippen LogP contribution in [0.5, 0.6) is 5.75 Å². The molecule has 0 aliphatic carbocycles. The summed E-state index contributed by atoms with van der Waals surface area (Å²) in [6.45, 7) is 3.80. The molecule has 0 atom stereocenters. The quantitative estimate of drug-likeness (QED) is 0.488. The van der Waals surface area contributed by atoms with Crippen LogP contribution in [0.4, 0.5) is 0 Å². The molecule has 0 saturated heterocycles. The summed E-state index contributed by atoms with van der Waals surface area (Å²) in [5.74, 6) is -0.542. The van der Waals surface area contributed by atoms with Crippen molar-refractivity contribution in [2.75, 3.05) is 20.3 Å². The summed E-state index contributed by atoms with van der Waals surface area (Å²) in [6.07, 6.45) is 0. The van der Waals surface area contributed by atoms with E-state index < -0.39 is 11.9 Å². The van der Waals surface area contributed by atoms with Crippen LogP contribution in [0.25, 0.3) is 5.69 Å². The Balaban J connectivity index is 2.03. The zero-order valence-corrected chi connectivity index (χ0v) is 17.5. The highest BCUT2D eigenvalue weighted by Gasteiger charge is 2.27. The summed E-state index contributed by atoms with van der Waals surface area (Å²) in [4.78, 5) is 24.5. The largest absolute Gasteiger partial charge is 0.497 e. The van der Waals surface area contributed by atoms with Crippen molar-refractivity contribution in [1.29, 1.82) is 0 Å². The minimum Gasteiger partial charge on any atom is -0.497 e. The van der Waals surface area contributed by atoms with Gasteiger partial charge in [-0.25, -0.2) is 14.3 Å². The van der Waals surface area contributed by atoms with Crippen LogP contribution in [0, 0.1) is 0 Å². The van der Waals surface area contributed by atoms with E-state index in [1.807, 2.05) is 0 Å². The Morgan fingerprint density at radius 3 is 2.31 bits per heavy atom. The first-order valence-corrected chi connectivity index (χ1v) is 10.1. The lowest BCUT2D eigenvalue weighted by Crippen LogP contribution is -2.08. The van der Waals surface area contributed by atoms with Crippen molar-refractivity contribution in [2.24, 2.45) is 0 Å². The summed E-state index contributed by atoms with van der Waals surface area (Å²) in [6, 6.07) is 7.05. The standard InChI is InChI=1S/C17H17N5O5S2/c1-4-26-15(23)12-14(28-17-13(19-21-29-17)16(24)27-5-2)22(20-18-12)10-6-8-11(25-3)9-7-10/h6-9H,4-5H2,1-3H3. The van der Waals surface area contributed by atoms with E-state index >= 15 is 0 Å². The molecule has 0 aliphatic heterocycles. The van der Waals surface area contributed by atoms with Crippen molar-refractivity contribution in [3.05, 3.63) is 35.7 Å². The Kier molecular flexibility index (Phi) is 6.77. The van der Waals surface area contributed by atoms with Crippen molar-refractivity contribution in [2.45, 2.75) is 23.1 Å². The minimum absolute atomic E-state index is 0.0240. The monoisotopic (exact) mass is 435 g/mol. The lowest BCUT2D eigenvalue weighted by atomic mass is 10.3. The molecule has 0 bridgehead atoms. The van der Waals surface area contributed by atoms with Gasteiger partial charge in [-0.1, -0.05) is 21.5 Å². The maximum atomic E-state index is 12.4. The van der Waals surface area contributed by atoms with Crippen LogP contribution in [0.15, 0.2) is 33.5 Å². The van der Waals surface area contributed by atoms with Crippen LogP contribution in [-0.2, 0) is 9.47 Å². The second kappa shape index (κ2) is 9.47. The highest BCUT2D eigenvalue weighted by molar-refractivity contribution is 8.01. The van der Waals surface area contributed by atoms with Crippen LogP contribution in [0.2, 0.25) is 0 Å². The third kappa shape index (κ3) is 4.54. The Hall–Kier alpha value is -2.99. The smallest absolute Gasteiger partial charge is 0.361 e. The number of hydrogen-bond donors (Lipinski definition) is 0. The molecule has 2 heterocycles. The second-order valence-corrected chi connectivity index (χ2v) is 7.32. The SMILES string of the molecule is CCOC(=O)c1nnsc1Sc1c(C(=O)OCC)nnn1-c1ccc(OC)cc1. The van der Waals surface area contributed by atoms with Crippen molar-refractivity contribution >= 4 is 35.2 Å². The molecule has 2 aromatic heterocycles. The van der Waals surface area contributed by atoms with Gasteiger partial charge in [0.25, 0.3) is 0 Å². The predicted molar refractivity (Wildman–Crippen MR) is 104 cm³/mol. The lowest BCUT2D eigenvalue weighted by molar-refractivity contribution is 0.0507. The van der Waals surface area contributed by atoms with Crippen LogP contribution in [-0.4, -0.2) is 56.8 Å². The Morgan fingerprint density at radius 1 is 1.03 bits per heavy atom. The maximum absolute atomic E-state index is 12.4. The number of hydrogen-bond acceptors (Lipinski definition) is 11. The molecule has 3 rings (SSSR count). The first kappa shape index (κ1) is 20.7. The van der Waals surface area contributed by atoms with E-state index in [0.29, 0.717) is 20.7 Å². The van der Waals surface area contributed by atoms with Crippen molar-refractivity contribution < 1.29 is 23.8 Å². The summed E-state index contributed by atoms with van der Waals surface area (Å²) in [5.41, 5.74) is 0.738. The molecule has 0 amide bonds. The van der Waals surface area contributed by atoms with Crippen molar-refractivity contribution in [1.82, 2.24) is 24.6 Å². The molecule has 10 nitrogen and oxygen atoms in total. The second-order valence-electron chi connectivity index (χ2n) is 5.31. The topological polar surface area (TPSA) is 118 Å². The Bertz CT molecular complexity index is 1000. The van der Waals surface area contributed by atoms with E-state index in [4.69, 9.17) is 14.2 Å². The van der Waals surface area contributed by atoms with Crippen molar-refractivity contribution in [3.63, 3.8) is 0 Å². The number of carbonyl (C=O) groups is 2. The van der Waals surface area contributed by atoms with Crippen LogP contribution < -0.4 is 4.74 Å². The fraction of sp³-hybridized carbons (Fsp3) is 0.294. The molecule has 152 valence electrons. The zero-order valence-electron chi connectivity index (χ0n) is 15.8. The molecule has 0 saturated carbocycles. The minimum atomic E-state index is -0.620. The lowest BCUT2D eigenvalue weighted by Gasteiger charge is -2.08. The van der Waals surface area contributed by atoms with Gasteiger partial charge in [0.1, 0.15) is 15.0 Å². The number of rotatable bonds is 8. The summed E-state index contributed by atoms with van der Waals surface area (Å²) in [7, 11) is 1.57. The van der Waals surface area contributed by atoms with Gasteiger partial charge in [0, 0.05) is 0 Å². The van der Waals surface area contributed by atoms with Gasteiger partial charge >= 0.3 is 11.9 Å². The highest BCUT2D eigenvalue weighted by Crippen LogP contribution is 2.36. The average Bonchev–Trinajstić information content (AvgIpc) is 3.36.